The zero-order valence-electron chi connectivity index (χ0n) is 11.6. The van der Waals surface area contributed by atoms with E-state index < -0.39 is 5.60 Å². The number of ether oxygens (including phenoxy) is 1. The van der Waals surface area contributed by atoms with Crippen molar-refractivity contribution in [2.45, 2.75) is 52.1 Å². The fourth-order valence-corrected chi connectivity index (χ4v) is 3.13. The molecule has 19 heavy (non-hydrogen) atoms. The van der Waals surface area contributed by atoms with Crippen LogP contribution in [0.1, 0.15) is 43.7 Å². The van der Waals surface area contributed by atoms with Gasteiger partial charge in [-0.1, -0.05) is 13.8 Å². The number of Topliss-reactive ketones (excluding diaryl/α,β-unsaturated/α-hetero) is 1. The van der Waals surface area contributed by atoms with Gasteiger partial charge in [-0.05, 0) is 25.7 Å². The molecule has 0 aliphatic carbocycles. The molecule has 104 valence electrons. The fraction of sp³-hybridized carbons (Fsp3) is 0.643. The van der Waals surface area contributed by atoms with Gasteiger partial charge < -0.3 is 4.74 Å². The first kappa shape index (κ1) is 14.2. The maximum atomic E-state index is 11.7. The van der Waals surface area contributed by atoms with Crippen LogP contribution in [0.25, 0.3) is 0 Å². The Morgan fingerprint density at radius 1 is 1.47 bits per heavy atom. The van der Waals surface area contributed by atoms with Gasteiger partial charge in [-0.3, -0.25) is 9.59 Å². The molecule has 4 nitrogen and oxygen atoms in total. The van der Waals surface area contributed by atoms with Gasteiger partial charge in [0.2, 0.25) is 0 Å². The Balaban J connectivity index is 2.14. The van der Waals surface area contributed by atoms with Crippen LogP contribution in [-0.2, 0) is 20.7 Å². The number of carbonyl (C=O) groups is 2. The minimum atomic E-state index is -0.650. The molecule has 1 fully saturated rings. The smallest absolute Gasteiger partial charge is 0.313 e. The van der Waals surface area contributed by atoms with E-state index in [1.165, 1.54) is 4.88 Å². The summed E-state index contributed by atoms with van der Waals surface area (Å²) in [4.78, 5) is 28.8. The number of ketones is 1. The van der Waals surface area contributed by atoms with Crippen LogP contribution in [0.15, 0.2) is 5.51 Å². The van der Waals surface area contributed by atoms with Gasteiger partial charge in [0.25, 0.3) is 0 Å². The minimum Gasteiger partial charge on any atom is -0.458 e. The molecule has 0 N–H and O–H groups in total. The molecule has 1 saturated heterocycles. The Labute approximate surface area is 117 Å². The SMILES string of the molecule is Cc1scnc1CCC1(C(C)C)CC(=O)CC(=O)O1. The number of esters is 1. The molecule has 5 heteroatoms. The van der Waals surface area contributed by atoms with Crippen molar-refractivity contribution in [3.63, 3.8) is 0 Å². The molecule has 1 aliphatic rings. The maximum Gasteiger partial charge on any atom is 0.313 e. The number of hydrogen-bond donors (Lipinski definition) is 0. The molecule has 1 aromatic heterocycles. The van der Waals surface area contributed by atoms with Crippen molar-refractivity contribution in [3.8, 4) is 0 Å². The highest BCUT2D eigenvalue weighted by Crippen LogP contribution is 2.35. The van der Waals surface area contributed by atoms with E-state index in [-0.39, 0.29) is 24.1 Å². The number of aromatic nitrogens is 1. The van der Waals surface area contributed by atoms with Crippen LogP contribution in [0.4, 0.5) is 0 Å². The number of nitrogens with zero attached hydrogens (tertiary/aromatic N) is 1. The summed E-state index contributed by atoms with van der Waals surface area (Å²) in [5, 5.41) is 0. The standard InChI is InChI=1S/C14H19NO3S/c1-9(2)14(7-11(16)6-13(17)18-14)5-4-12-10(3)19-8-15-12/h8-9H,4-7H2,1-3H3. The maximum absolute atomic E-state index is 11.7. The van der Waals surface area contributed by atoms with E-state index in [1.807, 2.05) is 26.3 Å². The zero-order chi connectivity index (χ0) is 14.0. The van der Waals surface area contributed by atoms with Crippen molar-refractivity contribution in [2.75, 3.05) is 0 Å². The van der Waals surface area contributed by atoms with Crippen LogP contribution in [0.3, 0.4) is 0 Å². The predicted octanol–water partition coefficient (Wildman–Crippen LogP) is 2.69. The Morgan fingerprint density at radius 3 is 2.74 bits per heavy atom. The highest BCUT2D eigenvalue weighted by atomic mass is 32.1. The van der Waals surface area contributed by atoms with E-state index in [1.54, 1.807) is 11.3 Å². The second kappa shape index (κ2) is 5.41. The van der Waals surface area contributed by atoms with Crippen LogP contribution < -0.4 is 0 Å². The second-order valence-corrected chi connectivity index (χ2v) is 6.50. The minimum absolute atomic E-state index is 0.0139. The number of thiazole rings is 1. The summed E-state index contributed by atoms with van der Waals surface area (Å²) in [6.07, 6.45) is 1.66. The van der Waals surface area contributed by atoms with Crippen molar-refractivity contribution in [1.82, 2.24) is 4.98 Å². The molecule has 0 spiro atoms. The Kier molecular flexibility index (Phi) is 4.04. The van der Waals surface area contributed by atoms with E-state index in [2.05, 4.69) is 4.98 Å². The molecule has 2 heterocycles. The normalized spacial score (nSPS) is 23.8. The van der Waals surface area contributed by atoms with E-state index >= 15 is 0 Å². The molecular weight excluding hydrogens is 262 g/mol. The molecule has 2 rings (SSSR count). The topological polar surface area (TPSA) is 56.3 Å². The zero-order valence-corrected chi connectivity index (χ0v) is 12.4. The first-order valence-corrected chi connectivity index (χ1v) is 7.43. The molecule has 0 saturated carbocycles. The summed E-state index contributed by atoms with van der Waals surface area (Å²) in [7, 11) is 0. The lowest BCUT2D eigenvalue weighted by atomic mass is 9.79. The fourth-order valence-electron chi connectivity index (χ4n) is 2.50. The van der Waals surface area contributed by atoms with Gasteiger partial charge in [-0.25, -0.2) is 4.98 Å². The first-order valence-electron chi connectivity index (χ1n) is 6.55. The molecule has 0 bridgehead atoms. The molecule has 1 aromatic rings. The number of hydrogen-bond acceptors (Lipinski definition) is 5. The molecule has 0 amide bonds. The van der Waals surface area contributed by atoms with Crippen molar-refractivity contribution < 1.29 is 14.3 Å². The van der Waals surface area contributed by atoms with Crippen LogP contribution in [0.2, 0.25) is 0 Å². The molecular formula is C14H19NO3S. The summed E-state index contributed by atoms with van der Waals surface area (Å²) in [5.41, 5.74) is 2.21. The van der Waals surface area contributed by atoms with Gasteiger partial charge in [-0.15, -0.1) is 11.3 Å². The van der Waals surface area contributed by atoms with Crippen molar-refractivity contribution in [2.24, 2.45) is 5.92 Å². The first-order chi connectivity index (χ1) is 8.93. The largest absolute Gasteiger partial charge is 0.458 e. The molecule has 0 radical (unpaired) electrons. The lowest BCUT2D eigenvalue weighted by Gasteiger charge is -2.39. The van der Waals surface area contributed by atoms with Gasteiger partial charge in [0.15, 0.2) is 0 Å². The van der Waals surface area contributed by atoms with E-state index in [4.69, 9.17) is 4.74 Å². The predicted molar refractivity (Wildman–Crippen MR) is 73.1 cm³/mol. The van der Waals surface area contributed by atoms with Crippen molar-refractivity contribution in [3.05, 3.63) is 16.1 Å². The van der Waals surface area contributed by atoms with Crippen LogP contribution in [0, 0.1) is 12.8 Å². The van der Waals surface area contributed by atoms with Crippen molar-refractivity contribution in [1.29, 1.82) is 0 Å². The van der Waals surface area contributed by atoms with E-state index in [0.29, 0.717) is 12.8 Å². The number of carbonyl (C=O) groups excluding carboxylic acids is 2. The van der Waals surface area contributed by atoms with Gasteiger partial charge in [0, 0.05) is 11.3 Å². The van der Waals surface area contributed by atoms with Gasteiger partial charge in [0.05, 0.1) is 11.2 Å². The summed E-state index contributed by atoms with van der Waals surface area (Å²) in [5.74, 6) is -0.278. The third kappa shape index (κ3) is 3.03. The summed E-state index contributed by atoms with van der Waals surface area (Å²) >= 11 is 1.61. The Morgan fingerprint density at radius 2 is 2.21 bits per heavy atom. The van der Waals surface area contributed by atoms with Crippen LogP contribution in [-0.4, -0.2) is 22.3 Å². The molecule has 1 aliphatic heterocycles. The summed E-state index contributed by atoms with van der Waals surface area (Å²) in [6.45, 7) is 6.03. The number of rotatable bonds is 4. The van der Waals surface area contributed by atoms with Crippen molar-refractivity contribution >= 4 is 23.1 Å². The Hall–Kier alpha value is -1.23. The second-order valence-electron chi connectivity index (χ2n) is 5.44. The van der Waals surface area contributed by atoms with Gasteiger partial charge in [-0.2, -0.15) is 0 Å². The third-order valence-electron chi connectivity index (χ3n) is 3.84. The Bertz CT molecular complexity index is 477. The highest BCUT2D eigenvalue weighted by molar-refractivity contribution is 7.09. The lowest BCUT2D eigenvalue weighted by molar-refractivity contribution is -0.177. The molecule has 1 unspecified atom stereocenters. The quantitative estimate of drug-likeness (QED) is 0.629. The third-order valence-corrected chi connectivity index (χ3v) is 4.64. The average molecular weight is 281 g/mol. The number of aryl methyl sites for hydroxylation is 2. The van der Waals surface area contributed by atoms with E-state index in [9.17, 15) is 9.59 Å². The average Bonchev–Trinajstić information content (AvgIpc) is 2.71. The summed E-state index contributed by atoms with van der Waals surface area (Å²) < 4.78 is 5.56. The molecule has 0 aromatic carbocycles. The van der Waals surface area contributed by atoms with E-state index in [0.717, 1.165) is 12.1 Å². The molecule has 1 atom stereocenters. The highest BCUT2D eigenvalue weighted by Gasteiger charge is 2.43. The number of cyclic esters (lactones) is 1. The van der Waals surface area contributed by atoms with Gasteiger partial charge in [0.1, 0.15) is 17.8 Å². The summed E-state index contributed by atoms with van der Waals surface area (Å²) in [6, 6.07) is 0. The van der Waals surface area contributed by atoms with Crippen LogP contribution >= 0.6 is 11.3 Å². The van der Waals surface area contributed by atoms with Crippen LogP contribution in [0.5, 0.6) is 0 Å². The monoisotopic (exact) mass is 281 g/mol. The lowest BCUT2D eigenvalue weighted by Crippen LogP contribution is -2.47. The van der Waals surface area contributed by atoms with Gasteiger partial charge >= 0.3 is 5.97 Å².